The molecule has 78 valence electrons. The lowest BCUT2D eigenvalue weighted by Crippen LogP contribution is -1.98. The van der Waals surface area contributed by atoms with E-state index >= 15 is 0 Å². The van der Waals surface area contributed by atoms with Crippen molar-refractivity contribution in [2.75, 3.05) is 7.11 Å². The summed E-state index contributed by atoms with van der Waals surface area (Å²) in [5.41, 5.74) is -0.349. The molecule has 1 rings (SSSR count). The molecule has 1 N–H and O–H groups in total. The van der Waals surface area contributed by atoms with E-state index in [1.165, 1.54) is 7.11 Å². The van der Waals surface area contributed by atoms with Gasteiger partial charge in [0, 0.05) is 5.33 Å². The van der Waals surface area contributed by atoms with Gasteiger partial charge in [-0.3, -0.25) is 4.98 Å². The fourth-order valence-corrected chi connectivity index (χ4v) is 1.42. The molecule has 0 aliphatic carbocycles. The number of alkyl halides is 3. The summed E-state index contributed by atoms with van der Waals surface area (Å²) in [7, 11) is 1.25. The molecular formula is C8H8BrF2NO2. The van der Waals surface area contributed by atoms with Crippen LogP contribution in [0.4, 0.5) is 8.78 Å². The van der Waals surface area contributed by atoms with E-state index in [0.29, 0.717) is 0 Å². The number of hydrogen-bond acceptors (Lipinski definition) is 3. The number of pyridine rings is 1. The maximum atomic E-state index is 12.5. The molecule has 14 heavy (non-hydrogen) atoms. The van der Waals surface area contributed by atoms with Crippen molar-refractivity contribution in [3.63, 3.8) is 0 Å². The standard InChI is InChI=1S/C8H8BrF2NO2/c1-14-5-3-12-4(2-9)7(13)6(5)8(10)11/h3,8,13H,2H2,1H3. The number of nitrogens with zero attached hydrogens (tertiary/aromatic N) is 1. The molecule has 0 aromatic carbocycles. The van der Waals surface area contributed by atoms with E-state index < -0.39 is 17.7 Å². The summed E-state index contributed by atoms with van der Waals surface area (Å²) in [6, 6.07) is 0. The molecule has 0 spiro atoms. The van der Waals surface area contributed by atoms with E-state index in [1.54, 1.807) is 0 Å². The summed E-state index contributed by atoms with van der Waals surface area (Å²) in [5, 5.41) is 9.63. The second-order valence-electron chi connectivity index (χ2n) is 2.47. The summed E-state index contributed by atoms with van der Waals surface area (Å²) in [6.07, 6.45) is -1.62. The lowest BCUT2D eigenvalue weighted by atomic mass is 10.2. The third kappa shape index (κ3) is 1.95. The predicted molar refractivity (Wildman–Crippen MR) is 50.0 cm³/mol. The van der Waals surface area contributed by atoms with Crippen molar-refractivity contribution in [2.45, 2.75) is 11.8 Å². The second kappa shape index (κ2) is 4.54. The van der Waals surface area contributed by atoms with Gasteiger partial charge < -0.3 is 9.84 Å². The number of hydrogen-bond donors (Lipinski definition) is 1. The Morgan fingerprint density at radius 2 is 2.29 bits per heavy atom. The van der Waals surface area contributed by atoms with E-state index in [1.807, 2.05) is 0 Å². The Bertz CT molecular complexity index is 333. The summed E-state index contributed by atoms with van der Waals surface area (Å²) in [4.78, 5) is 3.76. The third-order valence-corrected chi connectivity index (χ3v) is 2.23. The maximum Gasteiger partial charge on any atom is 0.271 e. The van der Waals surface area contributed by atoms with Gasteiger partial charge in [0.25, 0.3) is 6.43 Å². The van der Waals surface area contributed by atoms with Crippen molar-refractivity contribution in [1.82, 2.24) is 4.98 Å². The summed E-state index contributed by atoms with van der Waals surface area (Å²) in [6.45, 7) is 0. The monoisotopic (exact) mass is 267 g/mol. The number of halogens is 3. The average molecular weight is 268 g/mol. The van der Waals surface area contributed by atoms with Crippen LogP contribution in [0.2, 0.25) is 0 Å². The first-order chi connectivity index (χ1) is 6.61. The highest BCUT2D eigenvalue weighted by Crippen LogP contribution is 2.37. The fraction of sp³-hybridized carbons (Fsp3) is 0.375. The first-order valence-electron chi connectivity index (χ1n) is 3.70. The van der Waals surface area contributed by atoms with Crippen molar-refractivity contribution in [3.8, 4) is 11.5 Å². The highest BCUT2D eigenvalue weighted by Gasteiger charge is 2.21. The minimum absolute atomic E-state index is 0.109. The number of rotatable bonds is 3. The molecule has 1 heterocycles. The minimum Gasteiger partial charge on any atom is -0.505 e. The SMILES string of the molecule is COc1cnc(CBr)c(O)c1C(F)F. The molecule has 6 heteroatoms. The maximum absolute atomic E-state index is 12.5. The van der Waals surface area contributed by atoms with E-state index in [4.69, 9.17) is 0 Å². The highest BCUT2D eigenvalue weighted by atomic mass is 79.9. The van der Waals surface area contributed by atoms with Crippen LogP contribution in [0, 0.1) is 0 Å². The Kier molecular flexibility index (Phi) is 3.62. The molecule has 0 amide bonds. The first-order valence-corrected chi connectivity index (χ1v) is 4.82. The van der Waals surface area contributed by atoms with Crippen molar-refractivity contribution >= 4 is 15.9 Å². The Morgan fingerprint density at radius 1 is 1.64 bits per heavy atom. The molecule has 1 aromatic heterocycles. The molecule has 0 fully saturated rings. The van der Waals surface area contributed by atoms with Crippen LogP contribution in [-0.2, 0) is 5.33 Å². The number of ether oxygens (including phenoxy) is 1. The molecule has 0 bridgehead atoms. The minimum atomic E-state index is -2.79. The van der Waals surface area contributed by atoms with E-state index in [9.17, 15) is 13.9 Å². The zero-order valence-electron chi connectivity index (χ0n) is 7.30. The van der Waals surface area contributed by atoms with E-state index in [2.05, 4.69) is 25.7 Å². The molecular weight excluding hydrogens is 260 g/mol. The van der Waals surface area contributed by atoms with Gasteiger partial charge in [0.15, 0.2) is 5.75 Å². The van der Waals surface area contributed by atoms with E-state index in [0.717, 1.165) is 6.20 Å². The molecule has 0 radical (unpaired) electrons. The van der Waals surface area contributed by atoms with Gasteiger partial charge in [-0.05, 0) is 0 Å². The largest absolute Gasteiger partial charge is 0.505 e. The number of aromatic nitrogens is 1. The van der Waals surface area contributed by atoms with Crippen LogP contribution in [0.5, 0.6) is 11.5 Å². The van der Waals surface area contributed by atoms with Crippen LogP contribution in [0.25, 0.3) is 0 Å². The number of methoxy groups -OCH3 is 1. The lowest BCUT2D eigenvalue weighted by Gasteiger charge is -2.10. The van der Waals surface area contributed by atoms with Gasteiger partial charge in [-0.1, -0.05) is 15.9 Å². The van der Waals surface area contributed by atoms with Crippen LogP contribution in [-0.4, -0.2) is 17.2 Å². The third-order valence-electron chi connectivity index (χ3n) is 1.70. The van der Waals surface area contributed by atoms with E-state index in [-0.39, 0.29) is 16.8 Å². The Morgan fingerprint density at radius 3 is 2.71 bits per heavy atom. The molecule has 0 unspecified atom stereocenters. The molecule has 0 saturated carbocycles. The van der Waals surface area contributed by atoms with Crippen LogP contribution in [0.15, 0.2) is 6.20 Å². The Balaban J connectivity index is 3.31. The van der Waals surface area contributed by atoms with Crippen molar-refractivity contribution in [2.24, 2.45) is 0 Å². The van der Waals surface area contributed by atoms with Crippen molar-refractivity contribution < 1.29 is 18.6 Å². The van der Waals surface area contributed by atoms with Gasteiger partial charge in [0.2, 0.25) is 0 Å². The van der Waals surface area contributed by atoms with Gasteiger partial charge in [0.05, 0.1) is 19.0 Å². The highest BCUT2D eigenvalue weighted by molar-refractivity contribution is 9.08. The molecule has 0 saturated heterocycles. The normalized spacial score (nSPS) is 10.6. The topological polar surface area (TPSA) is 42.4 Å². The lowest BCUT2D eigenvalue weighted by molar-refractivity contribution is 0.142. The van der Waals surface area contributed by atoms with Crippen LogP contribution >= 0.6 is 15.9 Å². The van der Waals surface area contributed by atoms with Gasteiger partial charge in [-0.15, -0.1) is 0 Å². The van der Waals surface area contributed by atoms with Crippen molar-refractivity contribution in [1.29, 1.82) is 0 Å². The molecule has 0 aliphatic rings. The smallest absolute Gasteiger partial charge is 0.271 e. The molecule has 0 atom stereocenters. The zero-order valence-corrected chi connectivity index (χ0v) is 8.88. The van der Waals surface area contributed by atoms with Gasteiger partial charge in [-0.25, -0.2) is 8.78 Å². The van der Waals surface area contributed by atoms with Gasteiger partial charge in [-0.2, -0.15) is 0 Å². The fourth-order valence-electron chi connectivity index (χ4n) is 1.01. The van der Waals surface area contributed by atoms with Crippen molar-refractivity contribution in [3.05, 3.63) is 17.5 Å². The van der Waals surface area contributed by atoms with Crippen LogP contribution in [0.3, 0.4) is 0 Å². The summed E-state index contributed by atoms with van der Waals surface area (Å²) in [5.74, 6) is -0.626. The van der Waals surface area contributed by atoms with Crippen LogP contribution < -0.4 is 4.74 Å². The first kappa shape index (κ1) is 11.2. The predicted octanol–water partition coefficient (Wildman–Crippen LogP) is 2.63. The zero-order chi connectivity index (χ0) is 10.7. The summed E-state index contributed by atoms with van der Waals surface area (Å²) >= 11 is 3.03. The number of aromatic hydroxyl groups is 1. The van der Waals surface area contributed by atoms with Crippen LogP contribution in [0.1, 0.15) is 17.7 Å². The quantitative estimate of drug-likeness (QED) is 0.857. The second-order valence-corrected chi connectivity index (χ2v) is 3.03. The molecule has 1 aromatic rings. The average Bonchev–Trinajstić information content (AvgIpc) is 2.16. The van der Waals surface area contributed by atoms with Gasteiger partial charge >= 0.3 is 0 Å². The molecule has 0 aliphatic heterocycles. The summed E-state index contributed by atoms with van der Waals surface area (Å²) < 4.78 is 29.7. The Labute approximate surface area is 87.9 Å². The van der Waals surface area contributed by atoms with Gasteiger partial charge in [0.1, 0.15) is 11.3 Å². The molecule has 3 nitrogen and oxygen atoms in total. The Hall–Kier alpha value is -0.910.